The van der Waals surface area contributed by atoms with Crippen LogP contribution in [0.4, 0.5) is 4.79 Å². The first-order valence-corrected chi connectivity index (χ1v) is 13.4. The first-order valence-electron chi connectivity index (χ1n) is 10.7. The van der Waals surface area contributed by atoms with Crippen LogP contribution in [0.1, 0.15) is 20.4 Å². The molecule has 0 saturated carbocycles. The molecule has 3 aromatic rings. The van der Waals surface area contributed by atoms with E-state index in [9.17, 15) is 18.0 Å². The number of piperazine rings is 1. The first-order chi connectivity index (χ1) is 16.2. The number of amides is 3. The predicted octanol–water partition coefficient (Wildman–Crippen LogP) is 2.53. The van der Waals surface area contributed by atoms with Crippen LogP contribution < -0.4 is 5.73 Å². The van der Waals surface area contributed by atoms with Gasteiger partial charge in [-0.3, -0.25) is 4.79 Å². The van der Waals surface area contributed by atoms with Crippen molar-refractivity contribution in [1.29, 1.82) is 0 Å². The number of carbonyl (C=O) groups excluding carboxylic acids is 2. The number of rotatable bonds is 3. The van der Waals surface area contributed by atoms with E-state index in [0.29, 0.717) is 29.5 Å². The van der Waals surface area contributed by atoms with Crippen LogP contribution in [0, 0.1) is 0 Å². The topological polar surface area (TPSA) is 117 Å². The maximum atomic E-state index is 13.2. The third kappa shape index (κ3) is 4.24. The number of halogens is 1. The molecule has 2 aliphatic rings. The Labute approximate surface area is 205 Å². The normalized spacial score (nSPS) is 17.1. The fourth-order valence-electron chi connectivity index (χ4n) is 4.25. The molecule has 34 heavy (non-hydrogen) atoms. The Kier molecular flexibility index (Phi) is 5.96. The van der Waals surface area contributed by atoms with Crippen LogP contribution in [-0.2, 0) is 23.0 Å². The van der Waals surface area contributed by atoms with Gasteiger partial charge in [-0.15, -0.1) is 11.3 Å². The van der Waals surface area contributed by atoms with Crippen molar-refractivity contribution in [2.24, 2.45) is 5.73 Å². The summed E-state index contributed by atoms with van der Waals surface area (Å²) in [5.41, 5.74) is 6.19. The van der Waals surface area contributed by atoms with Gasteiger partial charge in [0, 0.05) is 49.0 Å². The van der Waals surface area contributed by atoms with E-state index in [0.717, 1.165) is 21.3 Å². The number of nitrogens with two attached hydrogens (primary N) is 1. The number of urea groups is 1. The van der Waals surface area contributed by atoms with Crippen molar-refractivity contribution in [3.05, 3.63) is 57.0 Å². The van der Waals surface area contributed by atoms with Crippen molar-refractivity contribution < 1.29 is 18.0 Å². The van der Waals surface area contributed by atoms with E-state index in [2.05, 4.69) is 4.98 Å². The Hall–Kier alpha value is -2.73. The van der Waals surface area contributed by atoms with E-state index in [-0.39, 0.29) is 37.0 Å². The highest BCUT2D eigenvalue weighted by atomic mass is 35.5. The highest BCUT2D eigenvalue weighted by Crippen LogP contribution is 2.28. The predicted molar refractivity (Wildman–Crippen MR) is 129 cm³/mol. The molecule has 0 aliphatic carbocycles. The Bertz CT molecular complexity index is 1400. The van der Waals surface area contributed by atoms with E-state index in [1.807, 2.05) is 0 Å². The summed E-state index contributed by atoms with van der Waals surface area (Å²) in [4.78, 5) is 33.2. The molecule has 9 nitrogen and oxygen atoms in total. The number of aromatic nitrogens is 1. The van der Waals surface area contributed by atoms with Gasteiger partial charge >= 0.3 is 6.03 Å². The van der Waals surface area contributed by atoms with E-state index < -0.39 is 16.1 Å². The minimum atomic E-state index is -3.69. The maximum absolute atomic E-state index is 13.2. The first kappa shape index (κ1) is 23.0. The van der Waals surface area contributed by atoms with Gasteiger partial charge in [-0.25, -0.2) is 18.2 Å². The lowest BCUT2D eigenvalue weighted by Crippen LogP contribution is -2.50. The Morgan fingerprint density at radius 3 is 2.41 bits per heavy atom. The van der Waals surface area contributed by atoms with Crippen molar-refractivity contribution in [1.82, 2.24) is 19.1 Å². The van der Waals surface area contributed by atoms with Crippen LogP contribution in [-0.4, -0.2) is 72.2 Å². The van der Waals surface area contributed by atoms with Crippen molar-refractivity contribution in [3.8, 4) is 0 Å². The summed E-state index contributed by atoms with van der Waals surface area (Å²) in [6.07, 6.45) is 0.562. The van der Waals surface area contributed by atoms with Gasteiger partial charge in [-0.05, 0) is 35.0 Å². The summed E-state index contributed by atoms with van der Waals surface area (Å²) < 4.78 is 27.8. The summed E-state index contributed by atoms with van der Waals surface area (Å²) in [6, 6.07) is 9.81. The molecule has 1 saturated heterocycles. The molecule has 0 atom stereocenters. The molecule has 12 heteroatoms. The van der Waals surface area contributed by atoms with Crippen LogP contribution in [0.3, 0.4) is 0 Å². The molecule has 2 aromatic carbocycles. The van der Waals surface area contributed by atoms with E-state index >= 15 is 0 Å². The number of nitrogens with zero attached hydrogens (tertiary/aromatic N) is 4. The number of sulfonamides is 1. The zero-order valence-electron chi connectivity index (χ0n) is 18.1. The van der Waals surface area contributed by atoms with Gasteiger partial charge < -0.3 is 15.5 Å². The monoisotopic (exact) mass is 519 g/mol. The Morgan fingerprint density at radius 1 is 0.971 bits per heavy atom. The fraction of sp³-hybridized carbons (Fsp3) is 0.318. The zero-order valence-corrected chi connectivity index (χ0v) is 20.5. The third-order valence-electron chi connectivity index (χ3n) is 6.16. The highest BCUT2D eigenvalue weighted by molar-refractivity contribution is 7.89. The van der Waals surface area contributed by atoms with E-state index in [1.165, 1.54) is 20.5 Å². The molecular formula is C22H22ClN5O4S2. The number of hydrogen-bond donors (Lipinski definition) is 1. The second-order valence-electron chi connectivity index (χ2n) is 8.25. The molecule has 0 unspecified atom stereocenters. The number of primary amides is 1. The van der Waals surface area contributed by atoms with Gasteiger partial charge in [0.05, 0.1) is 17.1 Å². The van der Waals surface area contributed by atoms with Crippen molar-refractivity contribution in [2.75, 3.05) is 32.7 Å². The van der Waals surface area contributed by atoms with Crippen molar-refractivity contribution in [2.45, 2.75) is 17.9 Å². The second kappa shape index (κ2) is 8.81. The average Bonchev–Trinajstić information content (AvgIpc) is 3.26. The fourth-order valence-corrected chi connectivity index (χ4v) is 6.98. The van der Waals surface area contributed by atoms with Crippen LogP contribution in [0.5, 0.6) is 0 Å². The van der Waals surface area contributed by atoms with E-state index in [1.54, 1.807) is 41.3 Å². The molecule has 2 N–H and O–H groups in total. The van der Waals surface area contributed by atoms with Gasteiger partial charge in [-0.2, -0.15) is 4.31 Å². The molecule has 1 fully saturated rings. The molecule has 0 radical (unpaired) electrons. The molecule has 0 spiro atoms. The van der Waals surface area contributed by atoms with Gasteiger partial charge in [0.15, 0.2) is 5.01 Å². The lowest BCUT2D eigenvalue weighted by molar-refractivity contribution is 0.0697. The molecule has 178 valence electrons. The van der Waals surface area contributed by atoms with Crippen LogP contribution in [0.2, 0.25) is 5.02 Å². The lowest BCUT2D eigenvalue weighted by atomic mass is 10.1. The van der Waals surface area contributed by atoms with Gasteiger partial charge in [0.2, 0.25) is 10.0 Å². The number of thiazole rings is 1. The zero-order chi connectivity index (χ0) is 24.0. The average molecular weight is 520 g/mol. The second-order valence-corrected chi connectivity index (χ2v) is 11.7. The Balaban J connectivity index is 1.27. The molecular weight excluding hydrogens is 498 g/mol. The highest BCUT2D eigenvalue weighted by Gasteiger charge is 2.32. The summed E-state index contributed by atoms with van der Waals surface area (Å²) in [7, 11) is -3.69. The summed E-state index contributed by atoms with van der Waals surface area (Å²) >= 11 is 7.29. The maximum Gasteiger partial charge on any atom is 0.315 e. The van der Waals surface area contributed by atoms with Crippen molar-refractivity contribution in [3.63, 3.8) is 0 Å². The molecule has 0 bridgehead atoms. The summed E-state index contributed by atoms with van der Waals surface area (Å²) in [6.45, 7) is 1.80. The summed E-state index contributed by atoms with van der Waals surface area (Å²) in [5.74, 6) is -0.218. The lowest BCUT2D eigenvalue weighted by Gasteiger charge is -2.33. The molecule has 2 aliphatic heterocycles. The molecule has 3 heterocycles. The molecule has 5 rings (SSSR count). The SMILES string of the molecule is NC(=O)N1CCc2nc(C(=O)N3CCN(S(=O)(=O)c4ccc5cc(Cl)ccc5c4)CC3)sc2C1. The number of carbonyl (C=O) groups is 2. The standard InChI is InChI=1S/C22H22ClN5O4S2/c23-16-3-1-15-12-17(4-2-14(15)11-16)34(31,32)28-9-7-26(8-10-28)21(29)20-25-18-5-6-27(22(24)30)13-19(18)33-20/h1-4,11-12H,5-10,13H2,(H2,24,30). The smallest absolute Gasteiger partial charge is 0.315 e. The van der Waals surface area contributed by atoms with Crippen LogP contribution in [0.15, 0.2) is 41.3 Å². The number of benzene rings is 2. The molecule has 3 amide bonds. The van der Waals surface area contributed by atoms with Crippen LogP contribution in [0.25, 0.3) is 10.8 Å². The van der Waals surface area contributed by atoms with Gasteiger partial charge in [0.1, 0.15) is 0 Å². The third-order valence-corrected chi connectivity index (χ3v) is 9.36. The number of fused-ring (bicyclic) bond motifs is 2. The molecule has 1 aromatic heterocycles. The quantitative estimate of drug-likeness (QED) is 0.570. The summed E-state index contributed by atoms with van der Waals surface area (Å²) in [5, 5.41) is 2.62. The van der Waals surface area contributed by atoms with E-state index in [4.69, 9.17) is 17.3 Å². The Morgan fingerprint density at radius 2 is 1.68 bits per heavy atom. The largest absolute Gasteiger partial charge is 0.351 e. The number of hydrogen-bond acceptors (Lipinski definition) is 6. The van der Waals surface area contributed by atoms with Gasteiger partial charge in [-0.1, -0.05) is 23.7 Å². The van der Waals surface area contributed by atoms with Gasteiger partial charge in [0.25, 0.3) is 5.91 Å². The minimum absolute atomic E-state index is 0.202. The van der Waals surface area contributed by atoms with Crippen LogP contribution >= 0.6 is 22.9 Å². The van der Waals surface area contributed by atoms with Crippen molar-refractivity contribution >= 4 is 55.7 Å². The minimum Gasteiger partial charge on any atom is -0.351 e.